The zero-order valence-corrected chi connectivity index (χ0v) is 9.16. The molecule has 0 aromatic heterocycles. The quantitative estimate of drug-likeness (QED) is 0.794. The van der Waals surface area contributed by atoms with Gasteiger partial charge in [0, 0.05) is 12.1 Å². The summed E-state index contributed by atoms with van der Waals surface area (Å²) in [6.45, 7) is 3.66. The molecule has 1 atom stereocenters. The molecule has 0 aliphatic heterocycles. The number of anilines is 1. The molecule has 2 N–H and O–H groups in total. The summed E-state index contributed by atoms with van der Waals surface area (Å²) < 4.78 is 0. The molecule has 1 aromatic carbocycles. The Labute approximate surface area is 90.1 Å². The van der Waals surface area contributed by atoms with Crippen LogP contribution in [0.15, 0.2) is 24.3 Å². The molecule has 0 aliphatic rings. The third-order valence-electron chi connectivity index (χ3n) is 2.09. The minimum atomic E-state index is -0.423. The lowest BCUT2D eigenvalue weighted by Gasteiger charge is -2.06. The minimum Gasteiger partial charge on any atom is -0.393 e. The van der Waals surface area contributed by atoms with E-state index >= 15 is 0 Å². The van der Waals surface area contributed by atoms with Crippen LogP contribution in [0.5, 0.6) is 0 Å². The van der Waals surface area contributed by atoms with E-state index in [9.17, 15) is 4.79 Å². The van der Waals surface area contributed by atoms with Crippen molar-refractivity contribution in [2.24, 2.45) is 0 Å². The number of amides is 1. The topological polar surface area (TPSA) is 49.3 Å². The average molecular weight is 207 g/mol. The van der Waals surface area contributed by atoms with Gasteiger partial charge in [0.1, 0.15) is 0 Å². The minimum absolute atomic E-state index is 0.0542. The van der Waals surface area contributed by atoms with Crippen molar-refractivity contribution in [2.75, 3.05) is 5.32 Å². The molecule has 1 amide bonds. The van der Waals surface area contributed by atoms with Crippen LogP contribution in [0.25, 0.3) is 0 Å². The molecular formula is C12H17NO2. The Balaban J connectivity index is 2.44. The van der Waals surface area contributed by atoms with Gasteiger partial charge in [-0.15, -0.1) is 0 Å². The first-order chi connectivity index (χ1) is 7.08. The van der Waals surface area contributed by atoms with E-state index in [0.29, 0.717) is 12.8 Å². The summed E-state index contributed by atoms with van der Waals surface area (Å²) in [6.07, 6.45) is 0.428. The summed E-state index contributed by atoms with van der Waals surface area (Å²) in [4.78, 5) is 11.4. The highest BCUT2D eigenvalue weighted by atomic mass is 16.3. The largest absolute Gasteiger partial charge is 0.393 e. The first-order valence-electron chi connectivity index (χ1n) is 5.12. The van der Waals surface area contributed by atoms with Gasteiger partial charge in [0.15, 0.2) is 0 Å². The molecule has 0 bridgehead atoms. The summed E-state index contributed by atoms with van der Waals surface area (Å²) >= 11 is 0. The maximum absolute atomic E-state index is 11.4. The fourth-order valence-electron chi connectivity index (χ4n) is 1.29. The van der Waals surface area contributed by atoms with Crippen molar-refractivity contribution in [3.05, 3.63) is 29.8 Å². The number of hydrogen-bond donors (Lipinski definition) is 2. The first kappa shape index (κ1) is 11.7. The average Bonchev–Trinajstić information content (AvgIpc) is 2.15. The smallest absolute Gasteiger partial charge is 0.224 e. The molecule has 82 valence electrons. The van der Waals surface area contributed by atoms with E-state index in [2.05, 4.69) is 5.32 Å². The fourth-order valence-corrected chi connectivity index (χ4v) is 1.29. The molecular weight excluding hydrogens is 190 g/mol. The maximum Gasteiger partial charge on any atom is 0.224 e. The van der Waals surface area contributed by atoms with Gasteiger partial charge in [-0.25, -0.2) is 0 Å². The second-order valence-corrected chi connectivity index (χ2v) is 3.81. The van der Waals surface area contributed by atoms with Gasteiger partial charge in [-0.05, 0) is 38.0 Å². The van der Waals surface area contributed by atoms with Crippen molar-refractivity contribution in [2.45, 2.75) is 32.8 Å². The molecule has 15 heavy (non-hydrogen) atoms. The van der Waals surface area contributed by atoms with Crippen molar-refractivity contribution >= 4 is 11.6 Å². The van der Waals surface area contributed by atoms with Gasteiger partial charge in [-0.3, -0.25) is 4.79 Å². The SMILES string of the molecule is Cc1cccc(NC(=O)CCC(C)O)c1. The number of hydrogen-bond acceptors (Lipinski definition) is 2. The zero-order chi connectivity index (χ0) is 11.3. The fraction of sp³-hybridized carbons (Fsp3) is 0.417. The van der Waals surface area contributed by atoms with Crippen LogP contribution in [-0.2, 0) is 4.79 Å². The highest BCUT2D eigenvalue weighted by Crippen LogP contribution is 2.10. The third kappa shape index (κ3) is 4.61. The summed E-state index contributed by atoms with van der Waals surface area (Å²) in [5, 5.41) is 11.8. The number of aliphatic hydroxyl groups excluding tert-OH is 1. The zero-order valence-electron chi connectivity index (χ0n) is 9.16. The second kappa shape index (κ2) is 5.51. The Bertz CT molecular complexity index is 334. The van der Waals surface area contributed by atoms with Crippen molar-refractivity contribution < 1.29 is 9.90 Å². The van der Waals surface area contributed by atoms with E-state index in [1.165, 1.54) is 0 Å². The first-order valence-corrected chi connectivity index (χ1v) is 5.12. The van der Waals surface area contributed by atoms with Crippen LogP contribution in [-0.4, -0.2) is 17.1 Å². The summed E-state index contributed by atoms with van der Waals surface area (Å²) in [5.41, 5.74) is 1.92. The number of benzene rings is 1. The molecule has 1 rings (SSSR count). The Hall–Kier alpha value is -1.35. The van der Waals surface area contributed by atoms with Crippen LogP contribution in [0.1, 0.15) is 25.3 Å². The van der Waals surface area contributed by atoms with Crippen molar-refractivity contribution in [3.8, 4) is 0 Å². The Kier molecular flexibility index (Phi) is 4.31. The van der Waals surface area contributed by atoms with Crippen molar-refractivity contribution in [3.63, 3.8) is 0 Å². The molecule has 1 unspecified atom stereocenters. The highest BCUT2D eigenvalue weighted by Gasteiger charge is 2.04. The van der Waals surface area contributed by atoms with Crippen molar-refractivity contribution in [1.29, 1.82) is 0 Å². The van der Waals surface area contributed by atoms with Crippen LogP contribution in [0, 0.1) is 6.92 Å². The van der Waals surface area contributed by atoms with Gasteiger partial charge in [0.2, 0.25) is 5.91 Å². The molecule has 0 fully saturated rings. The Morgan fingerprint density at radius 1 is 1.53 bits per heavy atom. The van der Waals surface area contributed by atoms with Crippen molar-refractivity contribution in [1.82, 2.24) is 0 Å². The maximum atomic E-state index is 11.4. The van der Waals surface area contributed by atoms with Gasteiger partial charge in [-0.2, -0.15) is 0 Å². The monoisotopic (exact) mass is 207 g/mol. The molecule has 3 heteroatoms. The van der Waals surface area contributed by atoms with Crippen LogP contribution in [0.3, 0.4) is 0 Å². The molecule has 0 spiro atoms. The van der Waals surface area contributed by atoms with Gasteiger partial charge in [0.25, 0.3) is 0 Å². The predicted octanol–water partition coefficient (Wildman–Crippen LogP) is 2.09. The molecule has 0 saturated heterocycles. The van der Waals surface area contributed by atoms with E-state index in [1.54, 1.807) is 6.92 Å². The summed E-state index contributed by atoms with van der Waals surface area (Å²) in [7, 11) is 0. The van der Waals surface area contributed by atoms with E-state index in [0.717, 1.165) is 11.3 Å². The number of aliphatic hydroxyl groups is 1. The number of rotatable bonds is 4. The van der Waals surface area contributed by atoms with E-state index in [-0.39, 0.29) is 5.91 Å². The van der Waals surface area contributed by atoms with E-state index < -0.39 is 6.10 Å². The van der Waals surface area contributed by atoms with Crippen LogP contribution < -0.4 is 5.32 Å². The standard InChI is InChI=1S/C12H17NO2/c1-9-4-3-5-11(8-9)13-12(15)7-6-10(2)14/h3-5,8,10,14H,6-7H2,1-2H3,(H,13,15). The van der Waals surface area contributed by atoms with E-state index in [4.69, 9.17) is 5.11 Å². The summed E-state index contributed by atoms with van der Waals surface area (Å²) in [5.74, 6) is -0.0542. The lowest BCUT2D eigenvalue weighted by Crippen LogP contribution is -2.13. The highest BCUT2D eigenvalue weighted by molar-refractivity contribution is 5.90. The number of nitrogens with one attached hydrogen (secondary N) is 1. The number of aryl methyl sites for hydroxylation is 1. The molecule has 1 aromatic rings. The Morgan fingerprint density at radius 2 is 2.27 bits per heavy atom. The van der Waals surface area contributed by atoms with E-state index in [1.807, 2.05) is 31.2 Å². The number of carbonyl (C=O) groups is 1. The van der Waals surface area contributed by atoms with Gasteiger partial charge < -0.3 is 10.4 Å². The molecule has 0 aliphatic carbocycles. The third-order valence-corrected chi connectivity index (χ3v) is 2.09. The van der Waals surface area contributed by atoms with Gasteiger partial charge in [-0.1, -0.05) is 12.1 Å². The molecule has 0 saturated carbocycles. The summed E-state index contributed by atoms with van der Waals surface area (Å²) in [6, 6.07) is 7.65. The normalized spacial score (nSPS) is 12.2. The second-order valence-electron chi connectivity index (χ2n) is 3.81. The lowest BCUT2D eigenvalue weighted by molar-refractivity contribution is -0.116. The number of carbonyl (C=O) groups excluding carboxylic acids is 1. The molecule has 0 radical (unpaired) electrons. The van der Waals surface area contributed by atoms with Crippen LogP contribution in [0.4, 0.5) is 5.69 Å². The lowest BCUT2D eigenvalue weighted by atomic mass is 10.2. The molecule has 0 heterocycles. The van der Waals surface area contributed by atoms with Crippen LogP contribution in [0.2, 0.25) is 0 Å². The predicted molar refractivity (Wildman–Crippen MR) is 60.7 cm³/mol. The Morgan fingerprint density at radius 3 is 2.87 bits per heavy atom. The van der Waals surface area contributed by atoms with Crippen LogP contribution >= 0.6 is 0 Å². The molecule has 3 nitrogen and oxygen atoms in total. The van der Waals surface area contributed by atoms with Gasteiger partial charge in [0.05, 0.1) is 6.10 Å². The van der Waals surface area contributed by atoms with Gasteiger partial charge >= 0.3 is 0 Å².